The minimum Gasteiger partial charge on any atom is -0.378 e. The van der Waals surface area contributed by atoms with E-state index in [9.17, 15) is 4.79 Å². The van der Waals surface area contributed by atoms with Crippen LogP contribution in [0.2, 0.25) is 5.02 Å². The first kappa shape index (κ1) is 17.2. The predicted octanol–water partition coefficient (Wildman–Crippen LogP) is 5.91. The van der Waals surface area contributed by atoms with E-state index in [0.29, 0.717) is 18.3 Å². The number of allylic oxidation sites excluding steroid dienone is 2. The van der Waals surface area contributed by atoms with Gasteiger partial charge in [-0.1, -0.05) is 42.8 Å². The van der Waals surface area contributed by atoms with Crippen LogP contribution < -0.4 is 10.6 Å². The first-order valence-corrected chi connectivity index (χ1v) is 9.66. The zero-order valence-electron chi connectivity index (χ0n) is 14.8. The number of hydrogen-bond acceptors (Lipinski definition) is 2. The van der Waals surface area contributed by atoms with Gasteiger partial charge in [0.25, 0.3) is 0 Å². The molecule has 0 saturated carbocycles. The molecule has 2 aromatic rings. The van der Waals surface area contributed by atoms with Gasteiger partial charge in [-0.3, -0.25) is 4.79 Å². The van der Waals surface area contributed by atoms with Crippen LogP contribution >= 0.6 is 11.6 Å². The summed E-state index contributed by atoms with van der Waals surface area (Å²) in [6.45, 7) is 2.02. The summed E-state index contributed by atoms with van der Waals surface area (Å²) in [6, 6.07) is 14.6. The van der Waals surface area contributed by atoms with Crippen molar-refractivity contribution in [3.63, 3.8) is 0 Å². The molecule has 1 aliphatic heterocycles. The second-order valence-corrected chi connectivity index (χ2v) is 7.56. The molecule has 0 saturated heterocycles. The highest BCUT2D eigenvalue weighted by molar-refractivity contribution is 6.30. The molecule has 4 heteroatoms. The third-order valence-electron chi connectivity index (χ3n) is 5.35. The quantitative estimate of drug-likeness (QED) is 0.661. The summed E-state index contributed by atoms with van der Waals surface area (Å²) in [7, 11) is 0. The molecule has 2 aromatic carbocycles. The monoisotopic (exact) mass is 366 g/mol. The summed E-state index contributed by atoms with van der Waals surface area (Å²) < 4.78 is 0. The second-order valence-electron chi connectivity index (χ2n) is 7.13. The van der Waals surface area contributed by atoms with Gasteiger partial charge < -0.3 is 10.6 Å². The number of benzene rings is 2. The molecule has 3 nitrogen and oxygen atoms in total. The third kappa shape index (κ3) is 3.24. The molecule has 0 aromatic heterocycles. The minimum atomic E-state index is 0.0776. The molecule has 2 N–H and O–H groups in total. The van der Waals surface area contributed by atoms with E-state index in [2.05, 4.69) is 47.1 Å². The van der Waals surface area contributed by atoms with Gasteiger partial charge in [0, 0.05) is 28.7 Å². The molecule has 2 aliphatic rings. The van der Waals surface area contributed by atoms with Crippen LogP contribution in [0, 0.1) is 5.92 Å². The van der Waals surface area contributed by atoms with Crippen molar-refractivity contribution < 1.29 is 4.79 Å². The fourth-order valence-electron chi connectivity index (χ4n) is 4.12. The number of carbonyl (C=O) groups is 1. The molecular weight excluding hydrogens is 344 g/mol. The molecule has 3 unspecified atom stereocenters. The van der Waals surface area contributed by atoms with E-state index in [1.165, 1.54) is 11.1 Å². The maximum atomic E-state index is 11.9. The molecule has 26 heavy (non-hydrogen) atoms. The summed E-state index contributed by atoms with van der Waals surface area (Å²) in [5.41, 5.74) is 4.56. The van der Waals surface area contributed by atoms with Gasteiger partial charge in [-0.25, -0.2) is 0 Å². The van der Waals surface area contributed by atoms with E-state index in [4.69, 9.17) is 11.6 Å². The van der Waals surface area contributed by atoms with Crippen LogP contribution in [0.3, 0.4) is 0 Å². The Morgan fingerprint density at radius 3 is 2.81 bits per heavy atom. The van der Waals surface area contributed by atoms with E-state index in [1.54, 1.807) is 0 Å². The van der Waals surface area contributed by atoms with E-state index < -0.39 is 0 Å². The molecule has 1 amide bonds. The molecule has 0 radical (unpaired) electrons. The predicted molar refractivity (Wildman–Crippen MR) is 108 cm³/mol. The van der Waals surface area contributed by atoms with Gasteiger partial charge in [0.05, 0.1) is 6.04 Å². The molecule has 134 valence electrons. The Hall–Kier alpha value is -2.26. The first-order chi connectivity index (χ1) is 12.7. The van der Waals surface area contributed by atoms with E-state index in [0.717, 1.165) is 29.2 Å². The Labute approximate surface area is 159 Å². The molecular formula is C22H23ClN2O. The van der Waals surface area contributed by atoms with Gasteiger partial charge in [-0.15, -0.1) is 0 Å². The normalized spacial score (nSPS) is 23.1. The number of nitrogens with one attached hydrogen (secondary N) is 2. The van der Waals surface area contributed by atoms with Crippen LogP contribution in [-0.2, 0) is 4.79 Å². The van der Waals surface area contributed by atoms with Crippen molar-refractivity contribution in [2.45, 2.75) is 38.1 Å². The number of rotatable bonds is 4. The van der Waals surface area contributed by atoms with Crippen LogP contribution in [0.1, 0.15) is 49.3 Å². The Morgan fingerprint density at radius 2 is 2.04 bits per heavy atom. The molecule has 0 bridgehead atoms. The van der Waals surface area contributed by atoms with Gasteiger partial charge in [0.15, 0.2) is 0 Å². The maximum Gasteiger partial charge on any atom is 0.224 e. The van der Waals surface area contributed by atoms with Crippen LogP contribution in [0.4, 0.5) is 11.4 Å². The van der Waals surface area contributed by atoms with Crippen molar-refractivity contribution in [2.24, 2.45) is 5.92 Å². The number of halogens is 1. The summed E-state index contributed by atoms with van der Waals surface area (Å²) in [6.07, 6.45) is 7.05. The highest BCUT2D eigenvalue weighted by Crippen LogP contribution is 2.50. The zero-order chi connectivity index (χ0) is 18.1. The molecule has 0 spiro atoms. The topological polar surface area (TPSA) is 41.1 Å². The van der Waals surface area contributed by atoms with Crippen molar-refractivity contribution in [1.82, 2.24) is 0 Å². The van der Waals surface area contributed by atoms with Gasteiger partial charge in [-0.2, -0.15) is 0 Å². The molecule has 4 rings (SSSR count). The Kier molecular flexibility index (Phi) is 4.73. The number of fused-ring (bicyclic) bond motifs is 3. The zero-order valence-corrected chi connectivity index (χ0v) is 15.6. The molecule has 3 atom stereocenters. The third-order valence-corrected chi connectivity index (χ3v) is 5.60. The van der Waals surface area contributed by atoms with Crippen molar-refractivity contribution in [2.75, 3.05) is 10.6 Å². The lowest BCUT2D eigenvalue weighted by atomic mass is 9.77. The van der Waals surface area contributed by atoms with Crippen molar-refractivity contribution in [1.29, 1.82) is 0 Å². The molecule has 1 aliphatic carbocycles. The first-order valence-electron chi connectivity index (χ1n) is 9.28. The molecule has 1 heterocycles. The van der Waals surface area contributed by atoms with Crippen molar-refractivity contribution >= 4 is 28.9 Å². The van der Waals surface area contributed by atoms with Gasteiger partial charge in [0.2, 0.25) is 5.91 Å². The average molecular weight is 367 g/mol. The van der Waals surface area contributed by atoms with Gasteiger partial charge in [0.1, 0.15) is 0 Å². The number of carbonyl (C=O) groups excluding carboxylic acids is 1. The number of amides is 1. The summed E-state index contributed by atoms with van der Waals surface area (Å²) in [4.78, 5) is 11.9. The fraction of sp³-hybridized carbons (Fsp3) is 0.318. The summed E-state index contributed by atoms with van der Waals surface area (Å²) in [5.74, 6) is 0.925. The minimum absolute atomic E-state index is 0.0776. The summed E-state index contributed by atoms with van der Waals surface area (Å²) in [5, 5.41) is 7.49. The van der Waals surface area contributed by atoms with E-state index in [-0.39, 0.29) is 11.9 Å². The smallest absolute Gasteiger partial charge is 0.224 e. The van der Waals surface area contributed by atoms with Crippen LogP contribution in [0.25, 0.3) is 0 Å². The highest BCUT2D eigenvalue weighted by atomic mass is 35.5. The lowest BCUT2D eigenvalue weighted by molar-refractivity contribution is -0.116. The lowest BCUT2D eigenvalue weighted by Gasteiger charge is -2.37. The lowest BCUT2D eigenvalue weighted by Crippen LogP contribution is -2.29. The molecule has 0 fully saturated rings. The van der Waals surface area contributed by atoms with E-state index >= 15 is 0 Å². The Balaban J connectivity index is 1.64. The van der Waals surface area contributed by atoms with Gasteiger partial charge in [-0.05, 0) is 60.2 Å². The van der Waals surface area contributed by atoms with Crippen LogP contribution in [-0.4, -0.2) is 5.91 Å². The van der Waals surface area contributed by atoms with Crippen LogP contribution in [0.5, 0.6) is 0 Å². The Bertz CT molecular complexity index is 844. The van der Waals surface area contributed by atoms with Crippen LogP contribution in [0.15, 0.2) is 54.6 Å². The Morgan fingerprint density at radius 1 is 1.23 bits per heavy atom. The SMILES string of the molecule is CCCC(=O)Nc1ccc2c(c1)C1C=CCC1C(c1ccc(Cl)cc1)N2. The standard InChI is InChI=1S/C22H23ClN2O/c1-2-4-21(26)24-16-11-12-20-19(13-16)17-5-3-6-18(17)22(25-20)14-7-9-15(23)10-8-14/h3,5,7-13,17-18,22,25H,2,4,6H2,1H3,(H,24,26). The second kappa shape index (κ2) is 7.16. The van der Waals surface area contributed by atoms with E-state index in [1.807, 2.05) is 25.1 Å². The number of hydrogen-bond donors (Lipinski definition) is 2. The fourth-order valence-corrected chi connectivity index (χ4v) is 4.25. The highest BCUT2D eigenvalue weighted by Gasteiger charge is 2.37. The maximum absolute atomic E-state index is 11.9. The van der Waals surface area contributed by atoms with Crippen molar-refractivity contribution in [3.8, 4) is 0 Å². The van der Waals surface area contributed by atoms with Crippen molar-refractivity contribution in [3.05, 3.63) is 70.8 Å². The summed E-state index contributed by atoms with van der Waals surface area (Å²) >= 11 is 6.06. The number of anilines is 2. The van der Waals surface area contributed by atoms with Gasteiger partial charge >= 0.3 is 0 Å². The average Bonchev–Trinajstić information content (AvgIpc) is 3.12. The largest absolute Gasteiger partial charge is 0.378 e.